The maximum absolute atomic E-state index is 2.66. The third-order valence-corrected chi connectivity index (χ3v) is 13.1. The summed E-state index contributed by atoms with van der Waals surface area (Å²) in [5, 5.41) is 2.66. The zero-order valence-corrected chi connectivity index (χ0v) is 36.2. The molecule has 0 saturated carbocycles. The Labute approximate surface area is 340 Å². The lowest BCUT2D eigenvalue weighted by molar-refractivity contribution is 0.590. The monoisotopic (exact) mass is 745 g/mol. The second kappa shape index (κ2) is 11.5. The van der Waals surface area contributed by atoms with Gasteiger partial charge in [-0.05, 0) is 133 Å². The quantitative estimate of drug-likeness (QED) is 0.155. The normalized spacial score (nSPS) is 14.6. The van der Waals surface area contributed by atoms with Gasteiger partial charge in [0.05, 0.1) is 28.1 Å². The number of anilines is 6. The van der Waals surface area contributed by atoms with Gasteiger partial charge in [-0.1, -0.05) is 126 Å². The summed E-state index contributed by atoms with van der Waals surface area (Å²) in [5.74, 6) is 0. The molecule has 3 aliphatic rings. The third-order valence-electron chi connectivity index (χ3n) is 13.1. The number of fused-ring (bicyclic) bond motifs is 9. The van der Waals surface area contributed by atoms with Crippen LogP contribution < -0.4 is 26.2 Å². The Balaban J connectivity index is 1.34. The van der Waals surface area contributed by atoms with Crippen molar-refractivity contribution in [3.63, 3.8) is 0 Å². The van der Waals surface area contributed by atoms with Crippen LogP contribution in [0.25, 0.3) is 27.5 Å². The van der Waals surface area contributed by atoms with Gasteiger partial charge in [0, 0.05) is 33.5 Å². The molecule has 1 aromatic heterocycles. The number of aromatic nitrogens is 1. The number of benzene rings is 6. The van der Waals surface area contributed by atoms with Crippen LogP contribution in [-0.4, -0.2) is 11.3 Å². The summed E-state index contributed by atoms with van der Waals surface area (Å²) in [5.41, 5.74) is 22.3. The summed E-state index contributed by atoms with van der Waals surface area (Å²) in [6.07, 6.45) is 0. The molecule has 3 aliphatic heterocycles. The lowest BCUT2D eigenvalue weighted by Gasteiger charge is -2.46. The van der Waals surface area contributed by atoms with Gasteiger partial charge in [-0.25, -0.2) is 0 Å². The van der Waals surface area contributed by atoms with Crippen LogP contribution in [0.15, 0.2) is 103 Å². The minimum Gasteiger partial charge on any atom is -0.311 e. The van der Waals surface area contributed by atoms with Crippen molar-refractivity contribution in [1.29, 1.82) is 0 Å². The molecule has 0 bridgehead atoms. The Morgan fingerprint density at radius 3 is 1.67 bits per heavy atom. The standard InChI is InChI=1S/C53H56BN3/c1-31-25-44-47-45(26-31)57-46-30-35(53(11,12)13)28-38-37-27-33(51(5,6)7)19-23-41(37)56(48(38)46)43-16-14-15-39(49(43)57)54(47)40-29-34(52(8,9)10)20-24-42(40)55(44)36-21-17-32(18-22-36)50(2,3)4/h14-30H,1-13H3. The lowest BCUT2D eigenvalue weighted by atomic mass is 9.33. The van der Waals surface area contributed by atoms with Crippen LogP contribution in [0.5, 0.6) is 0 Å². The number of para-hydroxylation sites is 1. The van der Waals surface area contributed by atoms with Crippen LogP contribution in [0.2, 0.25) is 0 Å². The molecule has 0 aliphatic carbocycles. The minimum atomic E-state index is -0.0385. The lowest BCUT2D eigenvalue weighted by Crippen LogP contribution is -2.62. The Hall–Kier alpha value is -5.22. The molecular formula is C53H56BN3. The summed E-state index contributed by atoms with van der Waals surface area (Å²) >= 11 is 0. The molecule has 4 heteroatoms. The largest absolute Gasteiger partial charge is 0.311 e. The first-order valence-electron chi connectivity index (χ1n) is 21.0. The number of aryl methyl sites for hydroxylation is 1. The van der Waals surface area contributed by atoms with Gasteiger partial charge in [-0.2, -0.15) is 0 Å². The summed E-state index contributed by atoms with van der Waals surface area (Å²) in [6.45, 7) is 30.3. The minimum absolute atomic E-state index is 0.00524. The summed E-state index contributed by atoms with van der Waals surface area (Å²) in [4.78, 5) is 5.22. The Morgan fingerprint density at radius 1 is 0.439 bits per heavy atom. The fourth-order valence-corrected chi connectivity index (χ4v) is 9.90. The molecule has 10 rings (SSSR count). The van der Waals surface area contributed by atoms with E-state index in [4.69, 9.17) is 0 Å². The highest BCUT2D eigenvalue weighted by atomic mass is 15.2. The van der Waals surface area contributed by atoms with Crippen LogP contribution in [0, 0.1) is 6.92 Å². The molecule has 7 aromatic rings. The van der Waals surface area contributed by atoms with Crippen molar-refractivity contribution in [2.45, 2.75) is 112 Å². The molecule has 4 heterocycles. The van der Waals surface area contributed by atoms with Crippen molar-refractivity contribution in [1.82, 2.24) is 4.57 Å². The number of hydrogen-bond acceptors (Lipinski definition) is 2. The molecule has 286 valence electrons. The van der Waals surface area contributed by atoms with E-state index in [0.29, 0.717) is 0 Å². The molecule has 57 heavy (non-hydrogen) atoms. The van der Waals surface area contributed by atoms with Crippen molar-refractivity contribution >= 4 is 79.0 Å². The van der Waals surface area contributed by atoms with Gasteiger partial charge >= 0.3 is 0 Å². The van der Waals surface area contributed by atoms with E-state index in [1.165, 1.54) is 106 Å². The number of rotatable bonds is 1. The first-order chi connectivity index (χ1) is 26.7. The molecule has 0 N–H and O–H groups in total. The molecule has 0 amide bonds. The van der Waals surface area contributed by atoms with Gasteiger partial charge in [-0.15, -0.1) is 0 Å². The smallest absolute Gasteiger partial charge is 0.252 e. The summed E-state index contributed by atoms with van der Waals surface area (Å²) < 4.78 is 2.59. The summed E-state index contributed by atoms with van der Waals surface area (Å²) in [7, 11) is 0. The average Bonchev–Trinajstić information content (AvgIpc) is 3.46. The average molecular weight is 746 g/mol. The van der Waals surface area contributed by atoms with E-state index in [9.17, 15) is 0 Å². The number of nitrogens with zero attached hydrogens (tertiary/aromatic N) is 3. The van der Waals surface area contributed by atoms with Crippen LogP contribution in [0.4, 0.5) is 34.1 Å². The zero-order valence-electron chi connectivity index (χ0n) is 36.2. The van der Waals surface area contributed by atoms with E-state index >= 15 is 0 Å². The predicted molar refractivity (Wildman–Crippen MR) is 248 cm³/mol. The van der Waals surface area contributed by atoms with Crippen LogP contribution in [0.1, 0.15) is 111 Å². The topological polar surface area (TPSA) is 11.4 Å². The summed E-state index contributed by atoms with van der Waals surface area (Å²) in [6, 6.07) is 40.9. The zero-order chi connectivity index (χ0) is 40.3. The SMILES string of the molecule is Cc1cc2c3c(c1)N1c4c(cccc4-n4c5ccc(C(C)(C)C)cc5c5cc(C(C)(C)C)cc1c54)B3c1cc(C(C)(C)C)ccc1N2c1ccc(C(C)(C)C)cc1. The van der Waals surface area contributed by atoms with Gasteiger partial charge in [-0.3, -0.25) is 0 Å². The van der Waals surface area contributed by atoms with Gasteiger partial charge < -0.3 is 14.4 Å². The third kappa shape index (κ3) is 5.18. The van der Waals surface area contributed by atoms with E-state index in [1.807, 2.05) is 0 Å². The highest BCUT2D eigenvalue weighted by Crippen LogP contribution is 2.54. The van der Waals surface area contributed by atoms with Gasteiger partial charge in [0.15, 0.2) is 0 Å². The Kier molecular flexibility index (Phi) is 7.27. The molecule has 0 radical (unpaired) electrons. The van der Waals surface area contributed by atoms with Crippen molar-refractivity contribution < 1.29 is 0 Å². The molecule has 0 unspecified atom stereocenters. The van der Waals surface area contributed by atoms with E-state index < -0.39 is 0 Å². The van der Waals surface area contributed by atoms with Crippen LogP contribution in [0.3, 0.4) is 0 Å². The van der Waals surface area contributed by atoms with Gasteiger partial charge in [0.2, 0.25) is 0 Å². The van der Waals surface area contributed by atoms with Gasteiger partial charge in [0.1, 0.15) is 0 Å². The maximum Gasteiger partial charge on any atom is 0.252 e. The Morgan fingerprint density at radius 2 is 1.02 bits per heavy atom. The van der Waals surface area contributed by atoms with Crippen molar-refractivity contribution in [3.05, 3.63) is 131 Å². The number of hydrogen-bond donors (Lipinski definition) is 0. The predicted octanol–water partition coefficient (Wildman–Crippen LogP) is 12.7. The fourth-order valence-electron chi connectivity index (χ4n) is 9.90. The molecule has 3 nitrogen and oxygen atoms in total. The molecule has 0 spiro atoms. The second-order valence-electron chi connectivity index (χ2n) is 21.3. The molecule has 6 aromatic carbocycles. The highest BCUT2D eigenvalue weighted by Gasteiger charge is 2.46. The van der Waals surface area contributed by atoms with Crippen LogP contribution >= 0.6 is 0 Å². The van der Waals surface area contributed by atoms with Gasteiger partial charge in [0.25, 0.3) is 6.71 Å². The van der Waals surface area contributed by atoms with E-state index in [2.05, 4.69) is 208 Å². The van der Waals surface area contributed by atoms with E-state index in [1.54, 1.807) is 0 Å². The van der Waals surface area contributed by atoms with E-state index in [-0.39, 0.29) is 28.4 Å². The molecule has 0 saturated heterocycles. The van der Waals surface area contributed by atoms with Crippen molar-refractivity contribution in [2.24, 2.45) is 0 Å². The fraction of sp³-hybridized carbons (Fsp3) is 0.321. The van der Waals surface area contributed by atoms with Crippen molar-refractivity contribution in [3.8, 4) is 5.69 Å². The maximum atomic E-state index is 2.66. The molecule has 0 fully saturated rings. The second-order valence-corrected chi connectivity index (χ2v) is 21.3. The van der Waals surface area contributed by atoms with E-state index in [0.717, 1.165) is 0 Å². The molecular weight excluding hydrogens is 689 g/mol. The first kappa shape index (κ1) is 36.1. The molecule has 0 atom stereocenters. The first-order valence-corrected chi connectivity index (χ1v) is 21.0. The Bertz CT molecular complexity index is 2840. The van der Waals surface area contributed by atoms with Crippen molar-refractivity contribution in [2.75, 3.05) is 9.80 Å². The highest BCUT2D eigenvalue weighted by molar-refractivity contribution is 7.00. The van der Waals surface area contributed by atoms with Crippen LogP contribution in [-0.2, 0) is 21.7 Å².